The molecule has 0 radical (unpaired) electrons. The van der Waals surface area contributed by atoms with Crippen molar-refractivity contribution in [1.29, 1.82) is 5.26 Å². The standard InChI is InChI=1S/C10H10N2O4S/c1-16-10(13)3-5-17(14,15)9-6-8(7-11)2-4-12-9/h2,4,6H,3,5H2,1H3. The van der Waals surface area contributed by atoms with Crippen molar-refractivity contribution in [3.63, 3.8) is 0 Å². The van der Waals surface area contributed by atoms with Crippen LogP contribution in [-0.4, -0.2) is 32.2 Å². The van der Waals surface area contributed by atoms with Gasteiger partial charge in [0.05, 0.1) is 30.9 Å². The molecule has 0 aliphatic carbocycles. The molecule has 0 fully saturated rings. The summed E-state index contributed by atoms with van der Waals surface area (Å²) in [5.74, 6) is -0.994. The van der Waals surface area contributed by atoms with E-state index < -0.39 is 15.8 Å². The maximum Gasteiger partial charge on any atom is 0.306 e. The first kappa shape index (κ1) is 13.1. The zero-order valence-electron chi connectivity index (χ0n) is 9.08. The van der Waals surface area contributed by atoms with Crippen molar-refractivity contribution in [1.82, 2.24) is 4.98 Å². The van der Waals surface area contributed by atoms with E-state index in [2.05, 4.69) is 9.72 Å². The molecular formula is C10H10N2O4S. The third kappa shape index (κ3) is 3.53. The number of nitriles is 1. The van der Waals surface area contributed by atoms with Crippen LogP contribution >= 0.6 is 0 Å². The lowest BCUT2D eigenvalue weighted by Gasteiger charge is -2.02. The van der Waals surface area contributed by atoms with Gasteiger partial charge < -0.3 is 4.74 Å². The fourth-order valence-electron chi connectivity index (χ4n) is 1.07. The summed E-state index contributed by atoms with van der Waals surface area (Å²) in [7, 11) is -2.48. The van der Waals surface area contributed by atoms with Gasteiger partial charge in [-0.25, -0.2) is 13.4 Å². The van der Waals surface area contributed by atoms with E-state index in [9.17, 15) is 13.2 Å². The Morgan fingerprint density at radius 3 is 2.88 bits per heavy atom. The van der Waals surface area contributed by atoms with Gasteiger partial charge in [-0.05, 0) is 12.1 Å². The maximum absolute atomic E-state index is 11.7. The van der Waals surface area contributed by atoms with Crippen LogP contribution in [0.1, 0.15) is 12.0 Å². The summed E-state index contributed by atoms with van der Waals surface area (Å²) in [6.45, 7) is 0. The highest BCUT2D eigenvalue weighted by Gasteiger charge is 2.18. The first-order valence-electron chi connectivity index (χ1n) is 4.65. The number of esters is 1. The lowest BCUT2D eigenvalue weighted by molar-refractivity contribution is -0.140. The SMILES string of the molecule is COC(=O)CCS(=O)(=O)c1cc(C#N)ccn1. The number of sulfone groups is 1. The highest BCUT2D eigenvalue weighted by Crippen LogP contribution is 2.10. The maximum atomic E-state index is 11.7. The van der Waals surface area contributed by atoms with Crippen molar-refractivity contribution in [2.24, 2.45) is 0 Å². The van der Waals surface area contributed by atoms with E-state index in [0.717, 1.165) is 0 Å². The number of hydrogen-bond donors (Lipinski definition) is 0. The van der Waals surface area contributed by atoms with Gasteiger partial charge in [0.2, 0.25) is 0 Å². The van der Waals surface area contributed by atoms with Gasteiger partial charge in [0.15, 0.2) is 14.9 Å². The minimum absolute atomic E-state index is 0.205. The number of ether oxygens (including phenoxy) is 1. The smallest absolute Gasteiger partial charge is 0.306 e. The highest BCUT2D eigenvalue weighted by molar-refractivity contribution is 7.91. The molecule has 0 saturated heterocycles. The van der Waals surface area contributed by atoms with Gasteiger partial charge >= 0.3 is 5.97 Å². The molecule has 0 bridgehead atoms. The number of carbonyl (C=O) groups is 1. The van der Waals surface area contributed by atoms with Crippen molar-refractivity contribution in [2.75, 3.05) is 12.9 Å². The van der Waals surface area contributed by atoms with Crippen LogP contribution in [0.25, 0.3) is 0 Å². The second-order valence-electron chi connectivity index (χ2n) is 3.14. The minimum atomic E-state index is -3.66. The molecule has 7 heteroatoms. The molecule has 17 heavy (non-hydrogen) atoms. The molecule has 1 heterocycles. The first-order chi connectivity index (χ1) is 7.99. The molecule has 6 nitrogen and oxygen atoms in total. The van der Waals surface area contributed by atoms with Crippen LogP contribution in [0.15, 0.2) is 23.4 Å². The molecule has 0 aliphatic heterocycles. The van der Waals surface area contributed by atoms with Crippen LogP contribution in [0.5, 0.6) is 0 Å². The van der Waals surface area contributed by atoms with Gasteiger partial charge in [-0.3, -0.25) is 4.79 Å². The van der Waals surface area contributed by atoms with Crippen LogP contribution < -0.4 is 0 Å². The molecule has 1 aromatic rings. The number of nitrogens with zero attached hydrogens (tertiary/aromatic N) is 2. The van der Waals surface area contributed by atoms with E-state index in [4.69, 9.17) is 5.26 Å². The molecule has 0 amide bonds. The molecule has 0 saturated carbocycles. The molecule has 0 N–H and O–H groups in total. The van der Waals surface area contributed by atoms with Crippen molar-refractivity contribution in [2.45, 2.75) is 11.4 Å². The van der Waals surface area contributed by atoms with Crippen molar-refractivity contribution in [3.05, 3.63) is 23.9 Å². The zero-order valence-corrected chi connectivity index (χ0v) is 9.90. The number of hydrogen-bond acceptors (Lipinski definition) is 6. The molecular weight excluding hydrogens is 244 g/mol. The van der Waals surface area contributed by atoms with Gasteiger partial charge in [-0.2, -0.15) is 5.26 Å². The Morgan fingerprint density at radius 1 is 1.59 bits per heavy atom. The highest BCUT2D eigenvalue weighted by atomic mass is 32.2. The van der Waals surface area contributed by atoms with E-state index in [1.807, 2.05) is 6.07 Å². The topological polar surface area (TPSA) is 97.1 Å². The van der Waals surface area contributed by atoms with Crippen molar-refractivity contribution in [3.8, 4) is 6.07 Å². The lowest BCUT2D eigenvalue weighted by Crippen LogP contribution is -2.13. The third-order valence-corrected chi connectivity index (χ3v) is 3.59. The summed E-state index contributed by atoms with van der Waals surface area (Å²) in [6, 6.07) is 4.39. The summed E-state index contributed by atoms with van der Waals surface area (Å²) in [6.07, 6.45) is 1.00. The number of pyridine rings is 1. The van der Waals surface area contributed by atoms with Gasteiger partial charge in [0.25, 0.3) is 0 Å². The Balaban J connectivity index is 2.90. The second kappa shape index (κ2) is 5.41. The molecule has 0 unspecified atom stereocenters. The third-order valence-electron chi connectivity index (χ3n) is 1.99. The molecule has 1 aromatic heterocycles. The van der Waals surface area contributed by atoms with Gasteiger partial charge in [-0.15, -0.1) is 0 Å². The van der Waals surface area contributed by atoms with E-state index in [0.29, 0.717) is 0 Å². The summed E-state index contributed by atoms with van der Waals surface area (Å²) in [5, 5.41) is 8.43. The van der Waals surface area contributed by atoms with E-state index in [-0.39, 0.29) is 22.8 Å². The van der Waals surface area contributed by atoms with E-state index >= 15 is 0 Å². The average Bonchev–Trinajstić information content (AvgIpc) is 2.36. The quantitative estimate of drug-likeness (QED) is 0.716. The fourth-order valence-corrected chi connectivity index (χ4v) is 2.25. The monoisotopic (exact) mass is 254 g/mol. The molecule has 1 rings (SSSR count). The second-order valence-corrected chi connectivity index (χ2v) is 5.20. The number of rotatable bonds is 4. The van der Waals surface area contributed by atoms with Gasteiger partial charge in [0, 0.05) is 6.20 Å². The van der Waals surface area contributed by atoms with Crippen LogP contribution in [0, 0.1) is 11.3 Å². The first-order valence-corrected chi connectivity index (χ1v) is 6.30. The minimum Gasteiger partial charge on any atom is -0.469 e. The van der Waals surface area contributed by atoms with E-state index in [1.54, 1.807) is 0 Å². The largest absolute Gasteiger partial charge is 0.469 e. The molecule has 0 aliphatic rings. The lowest BCUT2D eigenvalue weighted by atomic mass is 10.3. The number of methoxy groups -OCH3 is 1. The van der Waals surface area contributed by atoms with Gasteiger partial charge in [-0.1, -0.05) is 0 Å². The summed E-state index contributed by atoms with van der Waals surface area (Å²) < 4.78 is 27.8. The van der Waals surface area contributed by atoms with Crippen LogP contribution in [0.4, 0.5) is 0 Å². The predicted octanol–water partition coefficient (Wildman–Crippen LogP) is 0.290. The Labute approximate surface area is 98.8 Å². The Kier molecular flexibility index (Phi) is 4.17. The number of carbonyl (C=O) groups excluding carboxylic acids is 1. The molecule has 0 aromatic carbocycles. The van der Waals surface area contributed by atoms with Crippen molar-refractivity contribution >= 4 is 15.8 Å². The van der Waals surface area contributed by atoms with Crippen LogP contribution in [0.3, 0.4) is 0 Å². The van der Waals surface area contributed by atoms with Crippen LogP contribution in [0.2, 0.25) is 0 Å². The normalized spacial score (nSPS) is 10.6. The summed E-state index contributed by atoms with van der Waals surface area (Å²) in [5.41, 5.74) is 0.205. The van der Waals surface area contributed by atoms with Crippen molar-refractivity contribution < 1.29 is 17.9 Å². The fraction of sp³-hybridized carbons (Fsp3) is 0.300. The van der Waals surface area contributed by atoms with Gasteiger partial charge in [0.1, 0.15) is 0 Å². The Bertz CT molecular complexity index is 560. The molecule has 90 valence electrons. The Morgan fingerprint density at radius 2 is 2.29 bits per heavy atom. The van der Waals surface area contributed by atoms with E-state index in [1.165, 1.54) is 25.4 Å². The predicted molar refractivity (Wildman–Crippen MR) is 57.6 cm³/mol. The number of aromatic nitrogens is 1. The molecule has 0 spiro atoms. The summed E-state index contributed by atoms with van der Waals surface area (Å²) >= 11 is 0. The summed E-state index contributed by atoms with van der Waals surface area (Å²) in [4.78, 5) is 14.5. The average molecular weight is 254 g/mol. The van der Waals surface area contributed by atoms with Crippen LogP contribution in [-0.2, 0) is 19.4 Å². The zero-order chi connectivity index (χ0) is 12.9. The Hall–Kier alpha value is -1.94. The molecule has 0 atom stereocenters.